The van der Waals surface area contributed by atoms with Gasteiger partial charge in [-0.1, -0.05) is 6.92 Å². The summed E-state index contributed by atoms with van der Waals surface area (Å²) in [6.07, 6.45) is 8.20. The number of hydrogen-bond donors (Lipinski definition) is 1. The molecule has 0 amide bonds. The van der Waals surface area contributed by atoms with Gasteiger partial charge in [0.15, 0.2) is 0 Å². The maximum Gasteiger partial charge on any atom is 0.109 e. The second kappa shape index (κ2) is 6.50. The third kappa shape index (κ3) is 3.63. The van der Waals surface area contributed by atoms with Crippen molar-refractivity contribution in [2.24, 2.45) is 0 Å². The molecule has 1 atom stereocenters. The highest BCUT2D eigenvalue weighted by molar-refractivity contribution is 5.07. The summed E-state index contributed by atoms with van der Waals surface area (Å²) in [6, 6.07) is 4.29. The van der Waals surface area contributed by atoms with Crippen LogP contribution < -0.4 is 5.32 Å². The van der Waals surface area contributed by atoms with Gasteiger partial charge in [-0.05, 0) is 44.0 Å². The molecule has 3 heteroatoms. The number of rotatable bonds is 6. The number of furan rings is 1. The number of likely N-dealkylation sites (N-methyl/N-ethyl adjacent to an activating group) is 1. The fourth-order valence-corrected chi connectivity index (χ4v) is 2.15. The standard InChI is InChI=1S/C14H21NO2/c1-2-15-13(14-7-3-4-10-17-14)9-8-12-6-5-11-16-12/h5-7,11,13,15H,2-4,8-10H2,1H3. The minimum absolute atomic E-state index is 0.324. The van der Waals surface area contributed by atoms with Crippen LogP contribution in [0.25, 0.3) is 0 Å². The maximum atomic E-state index is 5.73. The Kier molecular flexibility index (Phi) is 4.68. The van der Waals surface area contributed by atoms with Crippen LogP contribution in [0.15, 0.2) is 34.6 Å². The summed E-state index contributed by atoms with van der Waals surface area (Å²) in [5.41, 5.74) is 0. The van der Waals surface area contributed by atoms with Crippen LogP contribution in [-0.4, -0.2) is 19.2 Å². The fraction of sp³-hybridized carbons (Fsp3) is 0.571. The predicted octanol–water partition coefficient (Wildman–Crippen LogP) is 2.88. The third-order valence-corrected chi connectivity index (χ3v) is 3.02. The molecule has 2 heterocycles. The van der Waals surface area contributed by atoms with Crippen molar-refractivity contribution in [3.05, 3.63) is 36.0 Å². The molecular formula is C14H21NO2. The summed E-state index contributed by atoms with van der Waals surface area (Å²) in [5.74, 6) is 2.16. The Morgan fingerprint density at radius 3 is 3.06 bits per heavy atom. The topological polar surface area (TPSA) is 34.4 Å². The lowest BCUT2D eigenvalue weighted by atomic mass is 10.1. The molecule has 0 saturated heterocycles. The first-order chi connectivity index (χ1) is 8.40. The van der Waals surface area contributed by atoms with E-state index in [1.54, 1.807) is 6.26 Å². The Hall–Kier alpha value is -1.22. The van der Waals surface area contributed by atoms with Crippen molar-refractivity contribution in [3.63, 3.8) is 0 Å². The number of nitrogens with one attached hydrogen (secondary N) is 1. The van der Waals surface area contributed by atoms with Crippen LogP contribution in [0.4, 0.5) is 0 Å². The van der Waals surface area contributed by atoms with Gasteiger partial charge >= 0.3 is 0 Å². The van der Waals surface area contributed by atoms with Crippen molar-refractivity contribution in [3.8, 4) is 0 Å². The van der Waals surface area contributed by atoms with Gasteiger partial charge in [-0.2, -0.15) is 0 Å². The average molecular weight is 235 g/mol. The monoisotopic (exact) mass is 235 g/mol. The van der Waals surface area contributed by atoms with Gasteiger partial charge in [-0.3, -0.25) is 0 Å². The van der Waals surface area contributed by atoms with E-state index in [0.29, 0.717) is 6.04 Å². The van der Waals surface area contributed by atoms with Crippen LogP contribution in [0.1, 0.15) is 31.9 Å². The summed E-state index contributed by atoms with van der Waals surface area (Å²) >= 11 is 0. The van der Waals surface area contributed by atoms with Crippen LogP contribution in [0.2, 0.25) is 0 Å². The maximum absolute atomic E-state index is 5.73. The predicted molar refractivity (Wildman–Crippen MR) is 67.8 cm³/mol. The molecule has 0 fully saturated rings. The van der Waals surface area contributed by atoms with Gasteiger partial charge < -0.3 is 14.5 Å². The molecule has 1 N–H and O–H groups in total. The zero-order valence-electron chi connectivity index (χ0n) is 10.4. The molecule has 0 aliphatic carbocycles. The molecule has 3 nitrogen and oxygen atoms in total. The second-order valence-corrected chi connectivity index (χ2v) is 4.33. The lowest BCUT2D eigenvalue weighted by Gasteiger charge is -2.24. The van der Waals surface area contributed by atoms with Crippen molar-refractivity contribution in [1.82, 2.24) is 5.32 Å². The molecule has 2 rings (SSSR count). The van der Waals surface area contributed by atoms with E-state index in [0.717, 1.165) is 50.4 Å². The summed E-state index contributed by atoms with van der Waals surface area (Å²) in [6.45, 7) is 3.95. The van der Waals surface area contributed by atoms with Crippen molar-refractivity contribution in [2.75, 3.05) is 13.2 Å². The zero-order valence-corrected chi connectivity index (χ0v) is 10.4. The Bertz CT molecular complexity index is 343. The number of allylic oxidation sites excluding steroid dienone is 1. The number of hydrogen-bond acceptors (Lipinski definition) is 3. The van der Waals surface area contributed by atoms with Crippen molar-refractivity contribution >= 4 is 0 Å². The summed E-state index contributed by atoms with van der Waals surface area (Å²) in [4.78, 5) is 0. The highest BCUT2D eigenvalue weighted by Gasteiger charge is 2.17. The van der Waals surface area contributed by atoms with E-state index >= 15 is 0 Å². The molecule has 1 aliphatic rings. The van der Waals surface area contributed by atoms with Crippen LogP contribution >= 0.6 is 0 Å². The minimum atomic E-state index is 0.324. The normalized spacial score (nSPS) is 17.4. The van der Waals surface area contributed by atoms with Crippen LogP contribution in [0, 0.1) is 0 Å². The molecule has 0 saturated carbocycles. The molecule has 1 aromatic heterocycles. The fourth-order valence-electron chi connectivity index (χ4n) is 2.15. The van der Waals surface area contributed by atoms with E-state index in [4.69, 9.17) is 9.15 Å². The van der Waals surface area contributed by atoms with Crippen LogP contribution in [0.5, 0.6) is 0 Å². The Morgan fingerprint density at radius 1 is 1.47 bits per heavy atom. The largest absolute Gasteiger partial charge is 0.497 e. The van der Waals surface area contributed by atoms with Crippen molar-refractivity contribution in [1.29, 1.82) is 0 Å². The Balaban J connectivity index is 1.89. The molecule has 0 radical (unpaired) electrons. The first-order valence-corrected chi connectivity index (χ1v) is 6.48. The van der Waals surface area contributed by atoms with E-state index in [1.807, 2.05) is 12.1 Å². The van der Waals surface area contributed by atoms with Gasteiger partial charge in [0.2, 0.25) is 0 Å². The molecule has 1 aliphatic heterocycles. The SMILES string of the molecule is CCNC(CCc1ccco1)C1=CCCCO1. The highest BCUT2D eigenvalue weighted by Crippen LogP contribution is 2.17. The van der Waals surface area contributed by atoms with Crippen molar-refractivity contribution in [2.45, 2.75) is 38.6 Å². The average Bonchev–Trinajstić information content (AvgIpc) is 2.88. The lowest BCUT2D eigenvalue weighted by molar-refractivity contribution is 0.165. The highest BCUT2D eigenvalue weighted by atomic mass is 16.5. The van der Waals surface area contributed by atoms with Gasteiger partial charge in [0, 0.05) is 6.42 Å². The quantitative estimate of drug-likeness (QED) is 0.823. The van der Waals surface area contributed by atoms with E-state index < -0.39 is 0 Å². The lowest BCUT2D eigenvalue weighted by Crippen LogP contribution is -2.33. The van der Waals surface area contributed by atoms with Gasteiger partial charge in [-0.25, -0.2) is 0 Å². The van der Waals surface area contributed by atoms with Gasteiger partial charge in [0.25, 0.3) is 0 Å². The zero-order chi connectivity index (χ0) is 11.9. The molecule has 17 heavy (non-hydrogen) atoms. The third-order valence-electron chi connectivity index (χ3n) is 3.02. The number of ether oxygens (including phenoxy) is 1. The summed E-state index contributed by atoms with van der Waals surface area (Å²) < 4.78 is 11.1. The summed E-state index contributed by atoms with van der Waals surface area (Å²) in [5, 5.41) is 3.48. The first-order valence-electron chi connectivity index (χ1n) is 6.48. The second-order valence-electron chi connectivity index (χ2n) is 4.33. The van der Waals surface area contributed by atoms with E-state index in [2.05, 4.69) is 18.3 Å². The minimum Gasteiger partial charge on any atom is -0.497 e. The smallest absolute Gasteiger partial charge is 0.109 e. The van der Waals surface area contributed by atoms with E-state index in [9.17, 15) is 0 Å². The molecule has 1 unspecified atom stereocenters. The van der Waals surface area contributed by atoms with Crippen LogP contribution in [-0.2, 0) is 11.2 Å². The molecule has 0 bridgehead atoms. The number of aryl methyl sites for hydroxylation is 1. The van der Waals surface area contributed by atoms with Gasteiger partial charge in [0.05, 0.1) is 18.9 Å². The molecule has 0 spiro atoms. The Labute approximate surface area is 103 Å². The molecule has 94 valence electrons. The van der Waals surface area contributed by atoms with E-state index in [1.165, 1.54) is 0 Å². The summed E-state index contributed by atoms with van der Waals surface area (Å²) in [7, 11) is 0. The van der Waals surface area contributed by atoms with Gasteiger partial charge in [0.1, 0.15) is 11.5 Å². The van der Waals surface area contributed by atoms with Crippen molar-refractivity contribution < 1.29 is 9.15 Å². The first kappa shape index (κ1) is 12.2. The van der Waals surface area contributed by atoms with Crippen LogP contribution in [0.3, 0.4) is 0 Å². The Morgan fingerprint density at radius 2 is 2.41 bits per heavy atom. The van der Waals surface area contributed by atoms with E-state index in [-0.39, 0.29) is 0 Å². The van der Waals surface area contributed by atoms with Gasteiger partial charge in [-0.15, -0.1) is 0 Å². The molecule has 0 aromatic carbocycles. The molecular weight excluding hydrogens is 214 g/mol. The molecule has 1 aromatic rings.